The number of carbonyl (C=O) groups is 3. The lowest BCUT2D eigenvalue weighted by atomic mass is 10.00. The van der Waals surface area contributed by atoms with Crippen molar-refractivity contribution in [3.05, 3.63) is 65.5 Å². The number of fused-ring (bicyclic) bond motifs is 1. The third kappa shape index (κ3) is 8.78. The second kappa shape index (κ2) is 14.3. The zero-order valence-corrected chi connectivity index (χ0v) is 23.4. The molecule has 0 aromatic heterocycles. The first-order valence-electron chi connectivity index (χ1n) is 14.4. The van der Waals surface area contributed by atoms with Gasteiger partial charge in [-0.25, -0.2) is 4.39 Å². The van der Waals surface area contributed by atoms with Crippen molar-refractivity contribution < 1.29 is 23.5 Å². The average molecular weight is 553 g/mol. The van der Waals surface area contributed by atoms with E-state index in [9.17, 15) is 18.8 Å². The highest BCUT2D eigenvalue weighted by Crippen LogP contribution is 2.33. The van der Waals surface area contributed by atoms with Gasteiger partial charge in [-0.1, -0.05) is 57.0 Å². The highest BCUT2D eigenvalue weighted by atomic mass is 19.1. The molecule has 4 rings (SSSR count). The van der Waals surface area contributed by atoms with E-state index in [1.54, 1.807) is 12.1 Å². The summed E-state index contributed by atoms with van der Waals surface area (Å²) in [5.41, 5.74) is 1.83. The molecule has 1 aliphatic carbocycles. The molecule has 2 aliphatic rings. The normalized spacial score (nSPS) is 23.6. The number of ether oxygens (including phenoxy) is 1. The third-order valence-electron chi connectivity index (χ3n) is 7.46. The zero-order chi connectivity index (χ0) is 28.5. The number of hydrogen-bond acceptors (Lipinski definition) is 5. The van der Waals surface area contributed by atoms with Gasteiger partial charge in [0.15, 0.2) is 0 Å². The van der Waals surface area contributed by atoms with Crippen LogP contribution in [0.3, 0.4) is 0 Å². The van der Waals surface area contributed by atoms with Crippen LogP contribution in [-0.4, -0.2) is 55.5 Å². The Kier molecular flexibility index (Phi) is 10.5. The number of hydrogen-bond donors (Lipinski definition) is 4. The molecular formula is C31H41FN4O4. The van der Waals surface area contributed by atoms with E-state index < -0.39 is 18.1 Å². The fraction of sp³-hybridized carbons (Fsp3) is 0.516. The molecule has 0 spiro atoms. The number of aryl methyl sites for hydroxylation is 1. The van der Waals surface area contributed by atoms with E-state index in [2.05, 4.69) is 21.3 Å². The molecule has 4 N–H and O–H groups in total. The Morgan fingerprint density at radius 3 is 2.38 bits per heavy atom. The summed E-state index contributed by atoms with van der Waals surface area (Å²) in [6, 6.07) is 11.7. The molecule has 2 aromatic carbocycles. The maximum atomic E-state index is 13.5. The second-order valence-electron chi connectivity index (χ2n) is 11.2. The van der Waals surface area contributed by atoms with Crippen molar-refractivity contribution in [3.8, 4) is 5.75 Å². The Bertz CT molecular complexity index is 1150. The number of rotatable bonds is 5. The molecular weight excluding hydrogens is 511 g/mol. The summed E-state index contributed by atoms with van der Waals surface area (Å²) in [6.07, 6.45) is 4.46. The lowest BCUT2D eigenvalue weighted by Gasteiger charge is -2.27. The predicted molar refractivity (Wildman–Crippen MR) is 151 cm³/mol. The van der Waals surface area contributed by atoms with Crippen LogP contribution in [0.25, 0.3) is 0 Å². The van der Waals surface area contributed by atoms with Gasteiger partial charge in [0.2, 0.25) is 17.7 Å². The first-order valence-corrected chi connectivity index (χ1v) is 14.4. The summed E-state index contributed by atoms with van der Waals surface area (Å²) in [6.45, 7) is 4.94. The molecule has 216 valence electrons. The van der Waals surface area contributed by atoms with Crippen LogP contribution >= 0.6 is 0 Å². The summed E-state index contributed by atoms with van der Waals surface area (Å²) < 4.78 is 19.5. The van der Waals surface area contributed by atoms with Gasteiger partial charge in [0, 0.05) is 13.1 Å². The minimum Gasteiger partial charge on any atom is -0.492 e. The van der Waals surface area contributed by atoms with Gasteiger partial charge in [0.1, 0.15) is 30.3 Å². The standard InChI is InChI=1S/C31H41FN4O4/c1-20(2)28-31(39)35-26(19-21-9-10-21)29(37)34-15-5-7-23-6-3-4-8-27(23)40-17-16-33-25(30(38)36-28)18-22-11-13-24(32)14-12-22/h3-4,6,8,11-14,20-21,25-26,28,33H,5,7,9-10,15-19H2,1-2H3,(H,34,37)(H,35,39)(H,36,38)/t25-,26+,28-/m1/s1. The number of nitrogens with one attached hydrogen (secondary N) is 4. The fourth-order valence-electron chi connectivity index (χ4n) is 4.94. The maximum absolute atomic E-state index is 13.5. The van der Waals surface area contributed by atoms with Gasteiger partial charge in [0.25, 0.3) is 0 Å². The lowest BCUT2D eigenvalue weighted by Crippen LogP contribution is -2.58. The van der Waals surface area contributed by atoms with Crippen LogP contribution in [0.1, 0.15) is 50.7 Å². The van der Waals surface area contributed by atoms with E-state index in [4.69, 9.17) is 4.74 Å². The minimum absolute atomic E-state index is 0.199. The van der Waals surface area contributed by atoms with Gasteiger partial charge >= 0.3 is 0 Å². The molecule has 2 aromatic rings. The molecule has 3 amide bonds. The summed E-state index contributed by atoms with van der Waals surface area (Å²) in [7, 11) is 0. The Morgan fingerprint density at radius 1 is 0.900 bits per heavy atom. The van der Waals surface area contributed by atoms with E-state index in [1.165, 1.54) is 12.1 Å². The van der Waals surface area contributed by atoms with Gasteiger partial charge < -0.3 is 26.0 Å². The summed E-state index contributed by atoms with van der Waals surface area (Å²) in [5, 5.41) is 12.1. The molecule has 40 heavy (non-hydrogen) atoms. The van der Waals surface area contributed by atoms with Gasteiger partial charge in [-0.3, -0.25) is 14.4 Å². The van der Waals surface area contributed by atoms with E-state index in [-0.39, 0.29) is 29.5 Å². The maximum Gasteiger partial charge on any atom is 0.243 e. The summed E-state index contributed by atoms with van der Waals surface area (Å²) in [4.78, 5) is 40.0. The third-order valence-corrected chi connectivity index (χ3v) is 7.46. The lowest BCUT2D eigenvalue weighted by molar-refractivity contribution is -0.133. The highest BCUT2D eigenvalue weighted by molar-refractivity contribution is 5.93. The Morgan fingerprint density at radius 2 is 1.65 bits per heavy atom. The van der Waals surface area contributed by atoms with Crippen LogP contribution in [0.4, 0.5) is 4.39 Å². The van der Waals surface area contributed by atoms with Crippen molar-refractivity contribution in [2.24, 2.45) is 11.8 Å². The molecule has 9 heteroatoms. The monoisotopic (exact) mass is 552 g/mol. The second-order valence-corrected chi connectivity index (χ2v) is 11.2. The van der Waals surface area contributed by atoms with Crippen molar-refractivity contribution in [2.75, 3.05) is 19.7 Å². The number of para-hydroxylation sites is 1. The molecule has 0 radical (unpaired) electrons. The van der Waals surface area contributed by atoms with E-state index in [0.29, 0.717) is 38.5 Å². The fourth-order valence-corrected chi connectivity index (χ4v) is 4.94. The SMILES string of the molecule is CC(C)[C@H]1NC(=O)[C@@H](Cc2ccc(F)cc2)NCCOc2ccccc2CCCNC(=O)[C@H](CC2CC2)NC1=O. The van der Waals surface area contributed by atoms with Crippen molar-refractivity contribution in [1.29, 1.82) is 0 Å². The molecule has 1 fully saturated rings. The van der Waals surface area contributed by atoms with Crippen molar-refractivity contribution in [2.45, 2.75) is 70.5 Å². The minimum atomic E-state index is -0.818. The van der Waals surface area contributed by atoms with Crippen molar-refractivity contribution >= 4 is 17.7 Å². The van der Waals surface area contributed by atoms with Crippen LogP contribution in [0.2, 0.25) is 0 Å². The number of halogens is 1. The van der Waals surface area contributed by atoms with Crippen LogP contribution < -0.4 is 26.0 Å². The molecule has 0 unspecified atom stereocenters. The molecule has 0 bridgehead atoms. The Labute approximate surface area is 235 Å². The molecule has 0 saturated heterocycles. The van der Waals surface area contributed by atoms with Gasteiger partial charge in [-0.15, -0.1) is 0 Å². The van der Waals surface area contributed by atoms with Crippen molar-refractivity contribution in [3.63, 3.8) is 0 Å². The predicted octanol–water partition coefficient (Wildman–Crippen LogP) is 2.89. The first kappa shape index (κ1) is 29.5. The Balaban J connectivity index is 1.55. The molecule has 1 saturated carbocycles. The molecule has 1 aliphatic heterocycles. The molecule has 8 nitrogen and oxygen atoms in total. The number of benzene rings is 2. The summed E-state index contributed by atoms with van der Waals surface area (Å²) in [5.74, 6) is -0.268. The smallest absolute Gasteiger partial charge is 0.243 e. The number of amides is 3. The van der Waals surface area contributed by atoms with Gasteiger partial charge in [-0.05, 0) is 66.8 Å². The van der Waals surface area contributed by atoms with Crippen LogP contribution in [0, 0.1) is 17.7 Å². The van der Waals surface area contributed by atoms with E-state index in [0.717, 1.165) is 42.6 Å². The highest BCUT2D eigenvalue weighted by Gasteiger charge is 2.34. The van der Waals surface area contributed by atoms with E-state index in [1.807, 2.05) is 38.1 Å². The van der Waals surface area contributed by atoms with Gasteiger partial charge in [0.05, 0.1) is 6.04 Å². The van der Waals surface area contributed by atoms with Crippen LogP contribution in [0.15, 0.2) is 48.5 Å². The van der Waals surface area contributed by atoms with Crippen LogP contribution in [0.5, 0.6) is 5.75 Å². The van der Waals surface area contributed by atoms with Crippen molar-refractivity contribution in [1.82, 2.24) is 21.3 Å². The van der Waals surface area contributed by atoms with Crippen LogP contribution in [-0.2, 0) is 27.2 Å². The number of carbonyl (C=O) groups excluding carboxylic acids is 3. The molecule has 1 heterocycles. The quantitative estimate of drug-likeness (QED) is 0.456. The first-order chi connectivity index (χ1) is 19.3. The summed E-state index contributed by atoms with van der Waals surface area (Å²) >= 11 is 0. The Hall–Kier alpha value is -3.46. The zero-order valence-electron chi connectivity index (χ0n) is 23.4. The van der Waals surface area contributed by atoms with E-state index >= 15 is 0 Å². The molecule has 3 atom stereocenters. The van der Waals surface area contributed by atoms with Gasteiger partial charge in [-0.2, -0.15) is 0 Å². The largest absolute Gasteiger partial charge is 0.492 e. The topological polar surface area (TPSA) is 109 Å². The average Bonchev–Trinajstić information content (AvgIpc) is 3.76.